The Kier molecular flexibility index (Phi) is 3.17. The molecule has 10 rings (SSSR count). The normalized spacial score (nSPS) is 26.6. The quantitative estimate of drug-likeness (QED) is 0.178. The fourth-order valence-corrected chi connectivity index (χ4v) is 6.84. The average Bonchev–Trinajstić information content (AvgIpc) is 3.35. The number of allylic oxidation sites excluding steroid dienone is 8. The van der Waals surface area contributed by atoms with E-state index >= 15 is 0 Å². The van der Waals surface area contributed by atoms with Crippen molar-refractivity contribution in [2.24, 2.45) is 11.8 Å². The summed E-state index contributed by atoms with van der Waals surface area (Å²) in [6.45, 7) is 3.02. The van der Waals surface area contributed by atoms with E-state index in [9.17, 15) is 13.7 Å². The van der Waals surface area contributed by atoms with Crippen molar-refractivity contribution in [3.8, 4) is 44.9 Å². The van der Waals surface area contributed by atoms with E-state index in [1.807, 2.05) is 0 Å². The first kappa shape index (κ1) is 13.5. The van der Waals surface area contributed by atoms with Crippen LogP contribution in [0.1, 0.15) is 76.0 Å². The van der Waals surface area contributed by atoms with Gasteiger partial charge in [0, 0.05) is 28.4 Å². The first-order valence-electron chi connectivity index (χ1n) is 30.7. The average molecular weight is 708 g/mol. The first-order valence-corrected chi connectivity index (χ1v) is 16.2. The first-order chi connectivity index (χ1) is 38.1. The molecule has 6 aromatic carbocycles. The van der Waals surface area contributed by atoms with Crippen molar-refractivity contribution >= 4 is 21.9 Å². The number of aromatic nitrogens is 2. The Morgan fingerprint density at radius 1 is 0.509 bits per heavy atom. The van der Waals surface area contributed by atoms with E-state index in [1.54, 1.807) is 0 Å². The van der Waals surface area contributed by atoms with E-state index in [0.29, 0.717) is 0 Å². The third kappa shape index (κ3) is 5.17. The molecule has 0 amide bonds. The maximum atomic E-state index is 10.0. The third-order valence-electron chi connectivity index (χ3n) is 9.31. The minimum atomic E-state index is -1.95. The van der Waals surface area contributed by atoms with Crippen molar-refractivity contribution in [3.63, 3.8) is 0 Å². The van der Waals surface area contributed by atoms with E-state index in [4.69, 9.17) is 26.0 Å². The lowest BCUT2D eigenvalue weighted by atomic mass is 9.71. The van der Waals surface area contributed by atoms with Gasteiger partial charge in [-0.25, -0.2) is 9.97 Å². The molecule has 0 bridgehead atoms. The molecule has 1 aromatic heterocycles. The number of nitrogens with zero attached hydrogens (tertiary/aromatic N) is 2. The van der Waals surface area contributed by atoms with E-state index in [-0.39, 0.29) is 27.6 Å². The summed E-state index contributed by atoms with van der Waals surface area (Å²) >= 11 is 0. The maximum absolute atomic E-state index is 10.0. The smallest absolute Gasteiger partial charge is 0.160 e. The molecule has 3 aliphatic rings. The van der Waals surface area contributed by atoms with Crippen molar-refractivity contribution in [1.29, 1.82) is 0 Å². The molecule has 252 valence electrons. The largest absolute Gasteiger partial charge is 0.228 e. The molecule has 0 spiro atoms. The van der Waals surface area contributed by atoms with Crippen molar-refractivity contribution in [3.05, 3.63) is 204 Å². The van der Waals surface area contributed by atoms with Gasteiger partial charge in [-0.05, 0) is 79.0 Å². The zero-order valence-corrected chi connectivity index (χ0v) is 27.6. The molecule has 7 aromatic rings. The molecule has 2 atom stereocenters. The Morgan fingerprint density at radius 3 is 1.85 bits per heavy atom. The Hall–Kier alpha value is -6.38. The Bertz CT molecular complexity index is 4300. The van der Waals surface area contributed by atoms with E-state index in [2.05, 4.69) is 9.97 Å². The maximum Gasteiger partial charge on any atom is 0.160 e. The lowest BCUT2D eigenvalue weighted by molar-refractivity contribution is 0.660. The van der Waals surface area contributed by atoms with Gasteiger partial charge >= 0.3 is 0 Å². The standard InChI is InChI=1S/C51H38N2/c1-51(2)45-27-15-26-43(49(45)44-30-35-20-9-10-21-36(35)31-46(44)51)40-28-29-42(39-24-13-12-23-38(39)40)48-32-47(52-50(53-48)34-18-7-4-8-19-34)41-25-14-11-22-37(41)33-16-5-3-6-17-33/h3-32,38-39H,1-2H3/i3D,4D,5D,6D,7D,8D,9D,10D,11D,12D,13D,14D,15D,16D,17D,18D,19D,20D,21D,22D,23D,24D,25D,26D,27D,28D,29D,30D,31D. The van der Waals surface area contributed by atoms with Gasteiger partial charge in [0.1, 0.15) is 0 Å². The second kappa shape index (κ2) is 12.4. The van der Waals surface area contributed by atoms with E-state index < -0.39 is 254 Å². The van der Waals surface area contributed by atoms with Gasteiger partial charge in [0.05, 0.1) is 51.1 Å². The van der Waals surface area contributed by atoms with Gasteiger partial charge in [0.2, 0.25) is 0 Å². The Labute approximate surface area is 352 Å². The molecule has 0 saturated heterocycles. The van der Waals surface area contributed by atoms with Crippen LogP contribution in [-0.2, 0) is 5.41 Å². The number of hydrogen-bond donors (Lipinski definition) is 0. The molecule has 0 aliphatic heterocycles. The van der Waals surface area contributed by atoms with Crippen LogP contribution in [0.3, 0.4) is 0 Å². The highest BCUT2D eigenvalue weighted by molar-refractivity contribution is 5.98. The topological polar surface area (TPSA) is 25.8 Å². The molecule has 0 fully saturated rings. The summed E-state index contributed by atoms with van der Waals surface area (Å²) in [6, 6.07) is -23.7. The molecule has 2 nitrogen and oxygen atoms in total. The lowest BCUT2D eigenvalue weighted by Crippen LogP contribution is -2.20. The van der Waals surface area contributed by atoms with Crippen molar-refractivity contribution in [1.82, 2.24) is 9.97 Å². The summed E-state index contributed by atoms with van der Waals surface area (Å²) in [5.74, 6) is -4.73. The van der Waals surface area contributed by atoms with Gasteiger partial charge < -0.3 is 0 Å². The van der Waals surface area contributed by atoms with Gasteiger partial charge in [-0.15, -0.1) is 0 Å². The van der Waals surface area contributed by atoms with Crippen LogP contribution in [0, 0.1) is 11.8 Å². The Morgan fingerprint density at radius 2 is 1.09 bits per heavy atom. The third-order valence-corrected chi connectivity index (χ3v) is 9.31. The lowest BCUT2D eigenvalue weighted by Gasteiger charge is -2.33. The summed E-state index contributed by atoms with van der Waals surface area (Å²) in [5.41, 5.74) is -8.32. The van der Waals surface area contributed by atoms with Gasteiger partial charge in [0.25, 0.3) is 0 Å². The molecule has 1 heterocycles. The van der Waals surface area contributed by atoms with Crippen LogP contribution in [0.2, 0.25) is 0 Å². The monoisotopic (exact) mass is 707 g/mol. The van der Waals surface area contributed by atoms with Crippen LogP contribution in [0.15, 0.2) is 181 Å². The highest BCUT2D eigenvalue weighted by Gasteiger charge is 2.39. The zero-order valence-electron chi connectivity index (χ0n) is 56.6. The zero-order chi connectivity index (χ0) is 60.8. The van der Waals surface area contributed by atoms with Crippen LogP contribution in [0.4, 0.5) is 0 Å². The minimum Gasteiger partial charge on any atom is -0.228 e. The number of hydrogen-bond acceptors (Lipinski definition) is 2. The second-order valence-corrected chi connectivity index (χ2v) is 12.7. The predicted molar refractivity (Wildman–Crippen MR) is 221 cm³/mol. The highest BCUT2D eigenvalue weighted by Crippen LogP contribution is 2.54. The SMILES string of the molecule is [2H]C1=C([2H])C2C(c3cc(-c4c([2H])c([2H])c([2H])c([2H])c4-c4c([2H])c([2H])c([2H])c([2H])c4[2H])nc(-c4c([2H])c([2H])c([2H])c([2H])c4[2H])n3)=C([2H])C([2H])=C(c3c([2H])c([2H])c([2H])c4c3-c3c(c([2H])c5c([2H])c([2H])c([2H])c([2H])c5c3[2H])C4(C)C)C2C([2H])=C1[2H]. The summed E-state index contributed by atoms with van der Waals surface area (Å²) in [6.07, 6.45) is 0. The Balaban J connectivity index is 1.40. The highest BCUT2D eigenvalue weighted by atomic mass is 14.9. The summed E-state index contributed by atoms with van der Waals surface area (Å²) in [5, 5.41) is -0.787. The molecule has 2 unspecified atom stereocenters. The van der Waals surface area contributed by atoms with E-state index in [0.717, 1.165) is 6.07 Å². The second-order valence-electron chi connectivity index (χ2n) is 12.7. The van der Waals surface area contributed by atoms with Crippen LogP contribution in [0.25, 0.3) is 66.8 Å². The summed E-state index contributed by atoms with van der Waals surface area (Å²) in [7, 11) is 0. The van der Waals surface area contributed by atoms with Crippen LogP contribution in [0.5, 0.6) is 0 Å². The van der Waals surface area contributed by atoms with Gasteiger partial charge in [0.15, 0.2) is 5.82 Å². The molecule has 2 heteroatoms. The number of fused-ring (bicyclic) bond motifs is 5. The molecular formula is C51H38N2. The summed E-state index contributed by atoms with van der Waals surface area (Å²) < 4.78 is 261. The van der Waals surface area contributed by atoms with Crippen LogP contribution < -0.4 is 0 Å². The molecule has 0 N–H and O–H groups in total. The van der Waals surface area contributed by atoms with Crippen molar-refractivity contribution < 1.29 is 39.8 Å². The van der Waals surface area contributed by atoms with Gasteiger partial charge in [-0.1, -0.05) is 177 Å². The molecule has 0 radical (unpaired) electrons. The predicted octanol–water partition coefficient (Wildman–Crippen LogP) is 12.8. The van der Waals surface area contributed by atoms with Crippen LogP contribution >= 0.6 is 0 Å². The molecule has 3 aliphatic carbocycles. The molecule has 0 saturated carbocycles. The van der Waals surface area contributed by atoms with Crippen molar-refractivity contribution in [2.75, 3.05) is 0 Å². The summed E-state index contributed by atoms with van der Waals surface area (Å²) in [4.78, 5) is 9.04. The number of benzene rings is 6. The van der Waals surface area contributed by atoms with E-state index in [1.165, 1.54) is 13.8 Å². The molecular weight excluding hydrogens is 641 g/mol. The van der Waals surface area contributed by atoms with Gasteiger partial charge in [-0.3, -0.25) is 0 Å². The molecule has 53 heavy (non-hydrogen) atoms. The minimum absolute atomic E-state index is 0.0804. The van der Waals surface area contributed by atoms with Gasteiger partial charge in [-0.2, -0.15) is 0 Å². The number of rotatable bonds is 5. The van der Waals surface area contributed by atoms with Crippen LogP contribution in [-0.4, -0.2) is 9.97 Å². The van der Waals surface area contributed by atoms with Crippen molar-refractivity contribution in [2.45, 2.75) is 19.3 Å². The fourth-order valence-electron chi connectivity index (χ4n) is 6.84. The fraction of sp³-hybridized carbons (Fsp3) is 0.0980.